The van der Waals surface area contributed by atoms with E-state index in [0.29, 0.717) is 5.75 Å². The summed E-state index contributed by atoms with van der Waals surface area (Å²) in [5.74, 6) is -0.738. The van der Waals surface area contributed by atoms with Crippen molar-refractivity contribution in [3.63, 3.8) is 0 Å². The third kappa shape index (κ3) is 7.13. The molecule has 0 aliphatic heterocycles. The molecule has 0 fully saturated rings. The molecule has 3 aromatic carbocycles. The number of ether oxygens (including phenoxy) is 1. The van der Waals surface area contributed by atoms with E-state index >= 15 is 0 Å². The summed E-state index contributed by atoms with van der Waals surface area (Å²) in [6.45, 7) is 1.84. The lowest BCUT2D eigenvalue weighted by Crippen LogP contribution is -2.50. The van der Waals surface area contributed by atoms with Crippen LogP contribution in [-0.4, -0.2) is 23.5 Å². The van der Waals surface area contributed by atoms with E-state index < -0.39 is 11.8 Å². The van der Waals surface area contributed by atoms with Gasteiger partial charge in [-0.2, -0.15) is 0 Å². The molecule has 33 heavy (non-hydrogen) atoms. The van der Waals surface area contributed by atoms with E-state index in [9.17, 15) is 9.59 Å². The summed E-state index contributed by atoms with van der Waals surface area (Å²) in [5.41, 5.74) is 7.81. The fourth-order valence-electron chi connectivity index (χ4n) is 3.19. The highest BCUT2D eigenvalue weighted by Crippen LogP contribution is 2.26. The van der Waals surface area contributed by atoms with Crippen LogP contribution in [0.15, 0.2) is 83.3 Å². The van der Waals surface area contributed by atoms with E-state index in [0.717, 1.165) is 27.6 Å². The molecule has 0 bridgehead atoms. The molecule has 0 aliphatic carbocycles. The van der Waals surface area contributed by atoms with Crippen molar-refractivity contribution in [1.29, 1.82) is 0 Å². The Balaban J connectivity index is 1.53. The largest absolute Gasteiger partial charge is 0.483 e. The summed E-state index contributed by atoms with van der Waals surface area (Å²) in [6.07, 6.45) is 0.905. The zero-order chi connectivity index (χ0) is 23.6. The van der Waals surface area contributed by atoms with Crippen molar-refractivity contribution < 1.29 is 14.3 Å². The van der Waals surface area contributed by atoms with Crippen LogP contribution in [0.25, 0.3) is 0 Å². The van der Waals surface area contributed by atoms with E-state index in [1.54, 1.807) is 0 Å². The van der Waals surface area contributed by atoms with Crippen molar-refractivity contribution in [2.24, 2.45) is 0 Å². The number of amides is 2. The molecule has 0 spiro atoms. The van der Waals surface area contributed by atoms with Gasteiger partial charge >= 0.3 is 0 Å². The predicted octanol–water partition coefficient (Wildman–Crippen LogP) is 4.24. The number of nitrogens with one attached hydrogen (secondary N) is 3. The Morgan fingerprint density at radius 2 is 1.55 bits per heavy atom. The summed E-state index contributed by atoms with van der Waals surface area (Å²) < 4.78 is 6.31. The summed E-state index contributed by atoms with van der Waals surface area (Å²) in [6, 6.07) is 24.5. The van der Waals surface area contributed by atoms with Gasteiger partial charge in [0.25, 0.3) is 5.91 Å². The van der Waals surface area contributed by atoms with Crippen LogP contribution in [0.1, 0.15) is 29.5 Å². The van der Waals surface area contributed by atoms with Gasteiger partial charge in [0.15, 0.2) is 11.7 Å². The van der Waals surface area contributed by atoms with Crippen molar-refractivity contribution in [3.05, 3.63) is 100 Å². The minimum absolute atomic E-state index is 0.0151. The van der Waals surface area contributed by atoms with Gasteiger partial charge in [-0.25, -0.2) is 0 Å². The Bertz CT molecular complexity index is 1070. The van der Waals surface area contributed by atoms with Crippen LogP contribution in [0.4, 0.5) is 0 Å². The minimum atomic E-state index is -0.547. The van der Waals surface area contributed by atoms with Crippen LogP contribution in [0, 0.1) is 0 Å². The smallest absolute Gasteiger partial charge is 0.276 e. The molecule has 3 rings (SSSR count). The molecule has 0 saturated carbocycles. The summed E-state index contributed by atoms with van der Waals surface area (Å²) >= 11 is 8.63. The molecule has 0 aliphatic rings. The second-order valence-corrected chi connectivity index (χ2v) is 8.42. The number of carbonyl (C=O) groups is 2. The van der Waals surface area contributed by atoms with Gasteiger partial charge in [0, 0.05) is 0 Å². The van der Waals surface area contributed by atoms with E-state index in [2.05, 4.69) is 39.0 Å². The number of aryl methyl sites for hydroxylation is 1. The van der Waals surface area contributed by atoms with Crippen molar-refractivity contribution in [3.8, 4) is 5.75 Å². The van der Waals surface area contributed by atoms with Gasteiger partial charge < -0.3 is 10.1 Å². The third-order valence-corrected chi connectivity index (χ3v) is 5.67. The molecule has 6 nitrogen and oxygen atoms in total. The highest BCUT2D eigenvalue weighted by molar-refractivity contribution is 9.10. The Morgan fingerprint density at radius 3 is 2.09 bits per heavy atom. The molecule has 2 amide bonds. The summed E-state index contributed by atoms with van der Waals surface area (Å²) in [7, 11) is 0. The minimum Gasteiger partial charge on any atom is -0.483 e. The molecule has 0 saturated heterocycles. The molecule has 0 aromatic heterocycles. The van der Waals surface area contributed by atoms with Gasteiger partial charge in [-0.15, -0.1) is 0 Å². The number of hydrazine groups is 1. The Hall–Kier alpha value is -3.23. The van der Waals surface area contributed by atoms with Gasteiger partial charge in [-0.05, 0) is 63.4 Å². The lowest BCUT2D eigenvalue weighted by atomic mass is 9.90. The zero-order valence-corrected chi connectivity index (χ0v) is 20.4. The topological polar surface area (TPSA) is 79.5 Å². The summed E-state index contributed by atoms with van der Waals surface area (Å²) in [4.78, 5) is 25.2. The quantitative estimate of drug-likeness (QED) is 0.317. The number of rotatable bonds is 7. The van der Waals surface area contributed by atoms with Crippen molar-refractivity contribution in [2.75, 3.05) is 6.61 Å². The number of thiocarbonyl (C=S) groups is 1. The van der Waals surface area contributed by atoms with Crippen molar-refractivity contribution in [1.82, 2.24) is 16.2 Å². The monoisotopic (exact) mass is 525 g/mol. The third-order valence-electron chi connectivity index (χ3n) is 4.84. The molecule has 8 heteroatoms. The first-order valence-electron chi connectivity index (χ1n) is 10.4. The highest BCUT2D eigenvalue weighted by atomic mass is 79.9. The first kappa shape index (κ1) is 24.4. The zero-order valence-electron chi connectivity index (χ0n) is 18.0. The number of benzene rings is 3. The van der Waals surface area contributed by atoms with Gasteiger partial charge in [-0.3, -0.25) is 20.4 Å². The highest BCUT2D eigenvalue weighted by Gasteiger charge is 2.23. The van der Waals surface area contributed by atoms with Crippen LogP contribution in [0.5, 0.6) is 5.75 Å². The van der Waals surface area contributed by atoms with Crippen molar-refractivity contribution >= 4 is 45.1 Å². The van der Waals surface area contributed by atoms with E-state index in [1.807, 2.05) is 78.9 Å². The van der Waals surface area contributed by atoms with Crippen LogP contribution in [0.3, 0.4) is 0 Å². The van der Waals surface area contributed by atoms with Crippen molar-refractivity contribution in [2.45, 2.75) is 19.3 Å². The number of carbonyl (C=O) groups excluding carboxylic acids is 2. The van der Waals surface area contributed by atoms with Crippen LogP contribution in [-0.2, 0) is 16.0 Å². The van der Waals surface area contributed by atoms with Gasteiger partial charge in [0.2, 0.25) is 5.91 Å². The van der Waals surface area contributed by atoms with E-state index in [1.165, 1.54) is 0 Å². The Morgan fingerprint density at radius 1 is 0.939 bits per heavy atom. The van der Waals surface area contributed by atoms with Gasteiger partial charge in [0.05, 0.1) is 10.4 Å². The lowest BCUT2D eigenvalue weighted by molar-refractivity contribution is -0.124. The van der Waals surface area contributed by atoms with Gasteiger partial charge in [-0.1, -0.05) is 73.7 Å². The van der Waals surface area contributed by atoms with Crippen LogP contribution in [0.2, 0.25) is 0 Å². The fourth-order valence-corrected chi connectivity index (χ4v) is 3.88. The Kier molecular flexibility index (Phi) is 8.97. The van der Waals surface area contributed by atoms with E-state index in [-0.39, 0.29) is 17.6 Å². The molecular weight excluding hydrogens is 502 g/mol. The normalized spacial score (nSPS) is 10.4. The molecule has 0 unspecified atom stereocenters. The molecule has 3 aromatic rings. The SMILES string of the molecule is CCc1ccc(OCC(=O)NNC(=S)NC(=O)C(c2ccccc2)c2ccccc2)c(Br)c1. The van der Waals surface area contributed by atoms with Crippen LogP contribution < -0.4 is 20.9 Å². The molecule has 0 radical (unpaired) electrons. The number of hydrogen-bond acceptors (Lipinski definition) is 4. The number of halogens is 1. The lowest BCUT2D eigenvalue weighted by Gasteiger charge is -2.19. The van der Waals surface area contributed by atoms with Crippen LogP contribution >= 0.6 is 28.1 Å². The number of hydrogen-bond donors (Lipinski definition) is 3. The molecule has 3 N–H and O–H groups in total. The average molecular weight is 526 g/mol. The van der Waals surface area contributed by atoms with E-state index in [4.69, 9.17) is 17.0 Å². The first-order chi connectivity index (χ1) is 16.0. The second kappa shape index (κ2) is 12.1. The average Bonchev–Trinajstić information content (AvgIpc) is 2.83. The van der Waals surface area contributed by atoms with Gasteiger partial charge in [0.1, 0.15) is 5.75 Å². The second-order valence-electron chi connectivity index (χ2n) is 7.15. The summed E-state index contributed by atoms with van der Waals surface area (Å²) in [5, 5.41) is 2.63. The first-order valence-corrected chi connectivity index (χ1v) is 11.6. The maximum Gasteiger partial charge on any atom is 0.276 e. The standard InChI is InChI=1S/C25H24BrN3O3S/c1-2-17-13-14-21(20(26)15-17)32-16-22(30)28-29-25(33)27-24(31)23(18-9-5-3-6-10-18)19-11-7-4-8-12-19/h3-15,23H,2,16H2,1H3,(H,28,30)(H2,27,29,31,33). The molecule has 0 atom stereocenters. The fraction of sp³-hybridized carbons (Fsp3) is 0.160. The molecular formula is C25H24BrN3O3S. The Labute approximate surface area is 206 Å². The molecule has 0 heterocycles. The maximum absolute atomic E-state index is 13.0. The maximum atomic E-state index is 13.0. The molecule has 170 valence electrons. The predicted molar refractivity (Wildman–Crippen MR) is 136 cm³/mol.